The summed E-state index contributed by atoms with van der Waals surface area (Å²) in [7, 11) is 0. The smallest absolute Gasteiger partial charge is 0.206 e. The van der Waals surface area contributed by atoms with Gasteiger partial charge >= 0.3 is 0 Å². The summed E-state index contributed by atoms with van der Waals surface area (Å²) in [5, 5.41) is 3.45. The van der Waals surface area contributed by atoms with E-state index in [1.54, 1.807) is 12.1 Å². The highest BCUT2D eigenvalue weighted by Crippen LogP contribution is 2.29. The van der Waals surface area contributed by atoms with Crippen LogP contribution in [0.5, 0.6) is 0 Å². The van der Waals surface area contributed by atoms with E-state index in [1.807, 2.05) is 0 Å². The van der Waals surface area contributed by atoms with Crippen LogP contribution >= 0.6 is 23.2 Å². The van der Waals surface area contributed by atoms with Crippen LogP contribution in [-0.2, 0) is 6.54 Å². The molecule has 142 valence electrons. The first-order valence-electron chi connectivity index (χ1n) is 9.00. The second kappa shape index (κ2) is 7.30. The average Bonchev–Trinajstić information content (AvgIpc) is 2.98. The molecule has 0 amide bonds. The van der Waals surface area contributed by atoms with Gasteiger partial charge in [-0.25, -0.2) is 9.37 Å². The molecule has 1 saturated heterocycles. The van der Waals surface area contributed by atoms with Crippen molar-refractivity contribution in [2.24, 2.45) is 0 Å². The van der Waals surface area contributed by atoms with Gasteiger partial charge in [0.1, 0.15) is 0 Å². The molecule has 0 radical (unpaired) electrons. The molecule has 7 heteroatoms. The number of rotatable bonds is 3. The summed E-state index contributed by atoms with van der Waals surface area (Å²) in [6.45, 7) is 8.36. The zero-order chi connectivity index (χ0) is 19.1. The van der Waals surface area contributed by atoms with Gasteiger partial charge in [0.2, 0.25) is 5.95 Å². The molecule has 0 bridgehead atoms. The van der Waals surface area contributed by atoms with Gasteiger partial charge in [-0.15, -0.1) is 0 Å². The largest absolute Gasteiger partial charge is 0.340 e. The third-order valence-electron chi connectivity index (χ3n) is 5.13. The summed E-state index contributed by atoms with van der Waals surface area (Å²) in [6.07, 6.45) is 0. The number of piperazine rings is 1. The van der Waals surface area contributed by atoms with E-state index in [0.29, 0.717) is 6.54 Å². The van der Waals surface area contributed by atoms with Gasteiger partial charge in [-0.3, -0.25) is 0 Å². The lowest BCUT2D eigenvalue weighted by molar-refractivity contribution is 0.571. The highest BCUT2D eigenvalue weighted by atomic mass is 35.5. The quantitative estimate of drug-likeness (QED) is 0.647. The van der Waals surface area contributed by atoms with Crippen LogP contribution in [0.2, 0.25) is 10.0 Å². The number of fused-ring (bicyclic) bond motifs is 1. The number of imidazole rings is 1. The molecule has 1 aromatic heterocycles. The number of hydrogen-bond donors (Lipinski definition) is 1. The van der Waals surface area contributed by atoms with Crippen molar-refractivity contribution in [3.05, 3.63) is 56.8 Å². The van der Waals surface area contributed by atoms with Crippen molar-refractivity contribution in [1.29, 1.82) is 0 Å². The van der Waals surface area contributed by atoms with Crippen molar-refractivity contribution in [1.82, 2.24) is 14.9 Å². The third-order valence-corrected chi connectivity index (χ3v) is 5.68. The Morgan fingerprint density at radius 2 is 1.67 bits per heavy atom. The molecule has 1 aliphatic heterocycles. The maximum atomic E-state index is 13.8. The number of nitrogens with one attached hydrogen (secondary N) is 1. The van der Waals surface area contributed by atoms with Crippen molar-refractivity contribution >= 4 is 40.2 Å². The van der Waals surface area contributed by atoms with Gasteiger partial charge in [0, 0.05) is 26.2 Å². The normalized spacial score (nSPS) is 14.9. The Labute approximate surface area is 167 Å². The first-order chi connectivity index (χ1) is 12.9. The van der Waals surface area contributed by atoms with Crippen LogP contribution in [0, 0.1) is 19.7 Å². The second-order valence-corrected chi connectivity index (χ2v) is 7.85. The van der Waals surface area contributed by atoms with Gasteiger partial charge in [0.15, 0.2) is 5.82 Å². The van der Waals surface area contributed by atoms with Gasteiger partial charge in [-0.05, 0) is 54.8 Å². The molecule has 0 aliphatic carbocycles. The lowest BCUT2D eigenvalue weighted by Gasteiger charge is -2.29. The second-order valence-electron chi connectivity index (χ2n) is 7.03. The summed E-state index contributed by atoms with van der Waals surface area (Å²) >= 11 is 12.0. The summed E-state index contributed by atoms with van der Waals surface area (Å²) in [5.41, 5.74) is 5.30. The Kier molecular flexibility index (Phi) is 5.01. The maximum Gasteiger partial charge on any atom is 0.206 e. The summed E-state index contributed by atoms with van der Waals surface area (Å²) in [5.74, 6) is 0.347. The fourth-order valence-electron chi connectivity index (χ4n) is 3.51. The van der Waals surface area contributed by atoms with E-state index in [2.05, 4.69) is 40.8 Å². The molecule has 1 aliphatic rings. The molecule has 2 aromatic carbocycles. The van der Waals surface area contributed by atoms with Gasteiger partial charge in [0.25, 0.3) is 0 Å². The van der Waals surface area contributed by atoms with Crippen LogP contribution in [0.25, 0.3) is 11.0 Å². The van der Waals surface area contributed by atoms with E-state index in [9.17, 15) is 4.39 Å². The van der Waals surface area contributed by atoms with E-state index in [1.165, 1.54) is 11.1 Å². The van der Waals surface area contributed by atoms with Crippen LogP contribution in [0.15, 0.2) is 24.3 Å². The van der Waals surface area contributed by atoms with Crippen LogP contribution in [0.3, 0.4) is 0 Å². The van der Waals surface area contributed by atoms with Crippen molar-refractivity contribution in [2.75, 3.05) is 31.1 Å². The highest BCUT2D eigenvalue weighted by Gasteiger charge is 2.20. The van der Waals surface area contributed by atoms with Gasteiger partial charge in [0.05, 0.1) is 27.6 Å². The molecule has 2 heterocycles. The minimum atomic E-state index is -0.577. The number of hydrogen-bond acceptors (Lipinski definition) is 3. The summed E-state index contributed by atoms with van der Waals surface area (Å²) in [6, 6.07) is 7.56. The van der Waals surface area contributed by atoms with Crippen LogP contribution in [0.1, 0.15) is 16.7 Å². The molecule has 4 rings (SSSR count). The fraction of sp³-hybridized carbons (Fsp3) is 0.350. The number of aryl methyl sites for hydroxylation is 2. The predicted molar refractivity (Wildman–Crippen MR) is 110 cm³/mol. The lowest BCUT2D eigenvalue weighted by atomic mass is 10.1. The Bertz CT molecular complexity index is 986. The molecule has 0 atom stereocenters. The lowest BCUT2D eigenvalue weighted by Crippen LogP contribution is -2.44. The van der Waals surface area contributed by atoms with Gasteiger partial charge in [-0.2, -0.15) is 0 Å². The van der Waals surface area contributed by atoms with Gasteiger partial charge in [-0.1, -0.05) is 23.2 Å². The van der Waals surface area contributed by atoms with Crippen molar-refractivity contribution < 1.29 is 4.39 Å². The Morgan fingerprint density at radius 1 is 1.04 bits per heavy atom. The van der Waals surface area contributed by atoms with E-state index < -0.39 is 5.82 Å². The van der Waals surface area contributed by atoms with E-state index in [4.69, 9.17) is 28.2 Å². The van der Waals surface area contributed by atoms with Crippen molar-refractivity contribution in [3.63, 3.8) is 0 Å². The van der Waals surface area contributed by atoms with Crippen LogP contribution < -0.4 is 10.2 Å². The molecule has 0 unspecified atom stereocenters. The zero-order valence-corrected chi connectivity index (χ0v) is 16.8. The number of halogens is 3. The molecular formula is C20H21Cl2FN4. The SMILES string of the molecule is Cc1cc2nc(N3CCNCC3)n(Cc3cc(Cl)c(F)c(Cl)c3)c2cc1C. The van der Waals surface area contributed by atoms with E-state index in [0.717, 1.165) is 48.7 Å². The maximum absolute atomic E-state index is 13.8. The number of benzene rings is 2. The molecule has 4 nitrogen and oxygen atoms in total. The molecule has 1 N–H and O–H groups in total. The minimum Gasteiger partial charge on any atom is -0.340 e. The highest BCUT2D eigenvalue weighted by molar-refractivity contribution is 6.35. The van der Waals surface area contributed by atoms with Crippen molar-refractivity contribution in [3.8, 4) is 0 Å². The van der Waals surface area contributed by atoms with Gasteiger partial charge < -0.3 is 14.8 Å². The molecule has 0 saturated carbocycles. The fourth-order valence-corrected chi connectivity index (χ4v) is 4.04. The summed E-state index contributed by atoms with van der Waals surface area (Å²) < 4.78 is 16.0. The summed E-state index contributed by atoms with van der Waals surface area (Å²) in [4.78, 5) is 7.20. The molecular weight excluding hydrogens is 386 g/mol. The first kappa shape index (κ1) is 18.5. The number of aromatic nitrogens is 2. The standard InChI is InChI=1S/C20H21Cl2FN4/c1-12-7-17-18(8-13(12)2)27(20(25-17)26-5-3-24-4-6-26)11-14-9-15(21)19(23)16(22)10-14/h7-10,24H,3-6,11H2,1-2H3. The Hall–Kier alpha value is -1.82. The molecule has 0 spiro atoms. The first-order valence-corrected chi connectivity index (χ1v) is 9.76. The monoisotopic (exact) mass is 406 g/mol. The number of anilines is 1. The average molecular weight is 407 g/mol. The van der Waals surface area contributed by atoms with E-state index >= 15 is 0 Å². The number of nitrogens with zero attached hydrogens (tertiary/aromatic N) is 3. The topological polar surface area (TPSA) is 33.1 Å². The van der Waals surface area contributed by atoms with Crippen LogP contribution in [0.4, 0.5) is 10.3 Å². The molecule has 1 fully saturated rings. The third kappa shape index (κ3) is 3.51. The molecule has 27 heavy (non-hydrogen) atoms. The van der Waals surface area contributed by atoms with Crippen LogP contribution in [-0.4, -0.2) is 35.7 Å². The zero-order valence-electron chi connectivity index (χ0n) is 15.3. The predicted octanol–water partition coefficient (Wildman–Crippen LogP) is 4.56. The van der Waals surface area contributed by atoms with E-state index in [-0.39, 0.29) is 10.0 Å². The Balaban J connectivity index is 1.84. The molecule has 3 aromatic rings. The Morgan fingerprint density at radius 3 is 2.33 bits per heavy atom. The minimum absolute atomic E-state index is 0.0395. The van der Waals surface area contributed by atoms with Crippen molar-refractivity contribution in [2.45, 2.75) is 20.4 Å².